The third-order valence-electron chi connectivity index (χ3n) is 4.41. The van der Waals surface area contributed by atoms with Crippen molar-refractivity contribution in [3.8, 4) is 10.6 Å². The number of esters is 1. The van der Waals surface area contributed by atoms with Gasteiger partial charge in [-0.25, -0.2) is 9.78 Å². The molecule has 9 heteroatoms. The van der Waals surface area contributed by atoms with Gasteiger partial charge in [-0.15, -0.1) is 22.7 Å². The number of carbonyl (C=O) groups excluding carboxylic acids is 3. The van der Waals surface area contributed by atoms with E-state index in [1.165, 1.54) is 29.9 Å². The van der Waals surface area contributed by atoms with Crippen molar-refractivity contribution in [2.75, 3.05) is 5.32 Å². The van der Waals surface area contributed by atoms with Gasteiger partial charge in [0.2, 0.25) is 0 Å². The van der Waals surface area contributed by atoms with Crippen molar-refractivity contribution in [2.24, 2.45) is 5.73 Å². The topological polar surface area (TPSA) is 111 Å². The van der Waals surface area contributed by atoms with Gasteiger partial charge in [0.15, 0.2) is 6.10 Å². The van der Waals surface area contributed by atoms with Crippen LogP contribution in [0.25, 0.3) is 10.6 Å². The summed E-state index contributed by atoms with van der Waals surface area (Å²) in [5.41, 5.74) is 8.17. The van der Waals surface area contributed by atoms with Crippen LogP contribution in [0.3, 0.4) is 0 Å². The average Bonchev–Trinajstić information content (AvgIpc) is 3.34. The zero-order valence-electron chi connectivity index (χ0n) is 16.7. The molecule has 1 atom stereocenters. The summed E-state index contributed by atoms with van der Waals surface area (Å²) in [6.07, 6.45) is -0.115. The molecular weight excluding hydrogens is 422 g/mol. The number of rotatable bonds is 7. The lowest BCUT2D eigenvalue weighted by molar-refractivity contribution is -0.123. The summed E-state index contributed by atoms with van der Waals surface area (Å²) >= 11 is 2.39. The van der Waals surface area contributed by atoms with Crippen LogP contribution >= 0.6 is 22.7 Å². The number of thiazole rings is 1. The highest BCUT2D eigenvalue weighted by molar-refractivity contribution is 7.17. The van der Waals surface area contributed by atoms with E-state index in [2.05, 4.69) is 17.2 Å². The fourth-order valence-corrected chi connectivity index (χ4v) is 4.42. The maximum absolute atomic E-state index is 12.6. The van der Waals surface area contributed by atoms with Crippen molar-refractivity contribution in [2.45, 2.75) is 33.3 Å². The van der Waals surface area contributed by atoms with Crippen LogP contribution in [0.5, 0.6) is 0 Å². The number of benzene rings is 1. The molecule has 3 N–H and O–H groups in total. The molecule has 1 unspecified atom stereocenters. The van der Waals surface area contributed by atoms with Gasteiger partial charge >= 0.3 is 5.97 Å². The molecule has 0 saturated heterocycles. The minimum atomic E-state index is -1.06. The number of anilines is 1. The fourth-order valence-electron chi connectivity index (χ4n) is 2.67. The van der Waals surface area contributed by atoms with E-state index in [1.54, 1.807) is 12.3 Å². The molecule has 3 aromatic rings. The van der Waals surface area contributed by atoms with Crippen LogP contribution in [0, 0.1) is 6.92 Å². The number of primary amides is 1. The van der Waals surface area contributed by atoms with E-state index in [0.29, 0.717) is 20.6 Å². The van der Waals surface area contributed by atoms with E-state index >= 15 is 0 Å². The van der Waals surface area contributed by atoms with E-state index in [1.807, 2.05) is 24.3 Å². The van der Waals surface area contributed by atoms with Crippen molar-refractivity contribution in [3.05, 3.63) is 57.4 Å². The lowest BCUT2D eigenvalue weighted by Gasteiger charge is -2.12. The number of nitrogens with two attached hydrogens (primary N) is 1. The summed E-state index contributed by atoms with van der Waals surface area (Å²) in [6, 6.07) is 9.52. The number of thiophene rings is 1. The molecule has 2 heterocycles. The maximum atomic E-state index is 12.6. The Hall–Kier alpha value is -3.04. The third kappa shape index (κ3) is 4.74. The smallest absolute Gasteiger partial charge is 0.351 e. The Morgan fingerprint density at radius 3 is 2.53 bits per heavy atom. The summed E-state index contributed by atoms with van der Waals surface area (Å²) in [4.78, 5) is 41.2. The number of aryl methyl sites for hydroxylation is 2. The molecule has 0 saturated carbocycles. The monoisotopic (exact) mass is 443 g/mol. The van der Waals surface area contributed by atoms with Crippen molar-refractivity contribution in [1.82, 2.24) is 4.98 Å². The van der Waals surface area contributed by atoms with Gasteiger partial charge in [0.25, 0.3) is 11.8 Å². The Bertz CT molecular complexity index is 1090. The predicted octanol–water partition coefficient (Wildman–Crippen LogP) is 4.03. The standard InChI is InChI=1S/C21H21N3O4S2/c1-4-13-5-7-14(8-6-13)19-23-11(2)16(30-19)21(27)28-12(3)18(26)24-20-15(17(22)25)9-10-29-20/h5-10,12H,4H2,1-3H3,(H2,22,25)(H,24,26). The van der Waals surface area contributed by atoms with Crippen LogP contribution in [0.1, 0.15) is 45.1 Å². The molecule has 0 spiro atoms. The molecule has 0 aliphatic carbocycles. The van der Waals surface area contributed by atoms with Gasteiger partial charge in [0.1, 0.15) is 14.9 Å². The van der Waals surface area contributed by atoms with Crippen molar-refractivity contribution < 1.29 is 19.1 Å². The first-order valence-electron chi connectivity index (χ1n) is 9.26. The second-order valence-corrected chi connectivity index (χ2v) is 8.46. The Kier molecular flexibility index (Phi) is 6.63. The van der Waals surface area contributed by atoms with Gasteiger partial charge in [-0.3, -0.25) is 9.59 Å². The quantitative estimate of drug-likeness (QED) is 0.536. The number of hydrogen-bond acceptors (Lipinski definition) is 7. The first-order chi connectivity index (χ1) is 14.3. The lowest BCUT2D eigenvalue weighted by atomic mass is 10.1. The highest BCUT2D eigenvalue weighted by Crippen LogP contribution is 2.29. The van der Waals surface area contributed by atoms with Gasteiger partial charge in [-0.1, -0.05) is 31.2 Å². The van der Waals surface area contributed by atoms with Gasteiger partial charge in [0.05, 0.1) is 11.3 Å². The molecule has 30 heavy (non-hydrogen) atoms. The molecule has 0 radical (unpaired) electrons. The van der Waals surface area contributed by atoms with Gasteiger partial charge < -0.3 is 15.8 Å². The number of carbonyl (C=O) groups is 3. The second-order valence-electron chi connectivity index (χ2n) is 6.55. The molecule has 1 aromatic carbocycles. The van der Waals surface area contributed by atoms with Crippen molar-refractivity contribution in [1.29, 1.82) is 0 Å². The molecule has 2 amide bonds. The number of aromatic nitrogens is 1. The Labute approximate surface area is 181 Å². The Morgan fingerprint density at radius 1 is 1.20 bits per heavy atom. The second kappa shape index (κ2) is 9.19. The average molecular weight is 444 g/mol. The molecule has 0 bridgehead atoms. The summed E-state index contributed by atoms with van der Waals surface area (Å²) in [6.45, 7) is 5.28. The summed E-state index contributed by atoms with van der Waals surface area (Å²) < 4.78 is 5.32. The number of nitrogens with zero attached hydrogens (tertiary/aromatic N) is 1. The summed E-state index contributed by atoms with van der Waals surface area (Å²) in [5, 5.41) is 5.25. The first-order valence-corrected chi connectivity index (χ1v) is 11.0. The molecule has 156 valence electrons. The van der Waals surface area contributed by atoms with Gasteiger partial charge in [-0.05, 0) is 37.3 Å². The summed E-state index contributed by atoms with van der Waals surface area (Å²) in [5.74, 6) is -1.81. The van der Waals surface area contributed by atoms with E-state index < -0.39 is 23.9 Å². The normalized spacial score (nSPS) is 11.7. The molecule has 0 aliphatic rings. The molecule has 2 aromatic heterocycles. The number of nitrogens with one attached hydrogen (secondary N) is 1. The highest BCUT2D eigenvalue weighted by Gasteiger charge is 2.24. The van der Waals surface area contributed by atoms with Crippen LogP contribution in [-0.2, 0) is 16.0 Å². The minimum Gasteiger partial charge on any atom is -0.448 e. The van der Waals surface area contributed by atoms with Crippen LogP contribution in [0.15, 0.2) is 35.7 Å². The third-order valence-corrected chi connectivity index (χ3v) is 6.43. The highest BCUT2D eigenvalue weighted by atomic mass is 32.1. The van der Waals surface area contributed by atoms with E-state index in [4.69, 9.17) is 10.5 Å². The van der Waals surface area contributed by atoms with Crippen LogP contribution in [-0.4, -0.2) is 28.9 Å². The van der Waals surface area contributed by atoms with E-state index in [0.717, 1.165) is 23.3 Å². The van der Waals surface area contributed by atoms with Crippen LogP contribution in [0.2, 0.25) is 0 Å². The van der Waals surface area contributed by atoms with E-state index in [9.17, 15) is 14.4 Å². The zero-order valence-corrected chi connectivity index (χ0v) is 18.4. The van der Waals surface area contributed by atoms with Gasteiger partial charge in [-0.2, -0.15) is 0 Å². The number of amides is 2. The Balaban J connectivity index is 1.69. The SMILES string of the molecule is CCc1ccc(-c2nc(C)c(C(=O)OC(C)C(=O)Nc3sccc3C(N)=O)s2)cc1. The molecular formula is C21H21N3O4S2. The largest absolute Gasteiger partial charge is 0.448 e. The zero-order chi connectivity index (χ0) is 21.8. The lowest BCUT2D eigenvalue weighted by Crippen LogP contribution is -2.30. The van der Waals surface area contributed by atoms with Crippen molar-refractivity contribution in [3.63, 3.8) is 0 Å². The van der Waals surface area contributed by atoms with Crippen LogP contribution in [0.4, 0.5) is 5.00 Å². The molecule has 0 fully saturated rings. The molecule has 0 aliphatic heterocycles. The first kappa shape index (κ1) is 21.7. The maximum Gasteiger partial charge on any atom is 0.351 e. The number of ether oxygens (including phenoxy) is 1. The molecule has 7 nitrogen and oxygen atoms in total. The predicted molar refractivity (Wildman–Crippen MR) is 118 cm³/mol. The minimum absolute atomic E-state index is 0.212. The Morgan fingerprint density at radius 2 is 1.90 bits per heavy atom. The van der Waals surface area contributed by atoms with Crippen LogP contribution < -0.4 is 11.1 Å². The van der Waals surface area contributed by atoms with Gasteiger partial charge in [0, 0.05) is 5.56 Å². The summed E-state index contributed by atoms with van der Waals surface area (Å²) in [7, 11) is 0. The number of hydrogen-bond donors (Lipinski definition) is 2. The molecule has 3 rings (SSSR count). The van der Waals surface area contributed by atoms with E-state index in [-0.39, 0.29) is 5.56 Å². The van der Waals surface area contributed by atoms with Crippen molar-refractivity contribution >= 4 is 45.5 Å². The fraction of sp³-hybridized carbons (Fsp3) is 0.238.